The zero-order valence-electron chi connectivity index (χ0n) is 34.5. The Bertz CT molecular complexity index is 3440. The maximum absolute atomic E-state index is 2.60. The van der Waals surface area contributed by atoms with E-state index in [4.69, 9.17) is 0 Å². The largest absolute Gasteiger partial charge is 0.313 e. The minimum absolute atomic E-state index is 0.975. The van der Waals surface area contributed by atoms with Crippen molar-refractivity contribution in [1.29, 1.82) is 0 Å². The van der Waals surface area contributed by atoms with E-state index < -0.39 is 0 Å². The van der Waals surface area contributed by atoms with Crippen molar-refractivity contribution in [2.45, 2.75) is 25.7 Å². The van der Waals surface area contributed by atoms with Crippen LogP contribution in [0.25, 0.3) is 66.3 Å². The van der Waals surface area contributed by atoms with Gasteiger partial charge >= 0.3 is 0 Å². The molecule has 0 fully saturated rings. The van der Waals surface area contributed by atoms with Crippen LogP contribution in [0.15, 0.2) is 212 Å². The molecule has 0 aromatic heterocycles. The minimum atomic E-state index is 0.975. The Hall–Kier alpha value is -7.68. The SMILES string of the molecule is C1=c2ccccc2=C(N(c2ccc(-c3ccccc3)cc2)c2ccc3ccc4c(N(c5ccc(-c6ccccc6)cc5)c5cccc6ccccc56)ccc5c4c3c2CC5)CC1. The molecular formula is C60H44N2. The van der Waals surface area contributed by atoms with E-state index in [-0.39, 0.29) is 0 Å². The van der Waals surface area contributed by atoms with Gasteiger partial charge in [0.15, 0.2) is 0 Å². The summed E-state index contributed by atoms with van der Waals surface area (Å²) in [4.78, 5) is 5.09. The van der Waals surface area contributed by atoms with Gasteiger partial charge in [0.25, 0.3) is 0 Å². The van der Waals surface area contributed by atoms with E-state index in [1.807, 2.05) is 0 Å². The van der Waals surface area contributed by atoms with E-state index in [1.165, 1.54) is 105 Å². The van der Waals surface area contributed by atoms with Crippen LogP contribution >= 0.6 is 0 Å². The highest BCUT2D eigenvalue weighted by molar-refractivity contribution is 6.18. The molecule has 0 aliphatic heterocycles. The Kier molecular flexibility index (Phi) is 8.81. The molecule has 10 aromatic rings. The lowest BCUT2D eigenvalue weighted by molar-refractivity contribution is 0.956. The fraction of sp³-hybridized carbons (Fsp3) is 0.0667. The fourth-order valence-corrected chi connectivity index (χ4v) is 10.3. The molecule has 0 saturated carbocycles. The van der Waals surface area contributed by atoms with E-state index in [0.717, 1.165) is 31.4 Å². The van der Waals surface area contributed by atoms with Crippen LogP contribution in [0.5, 0.6) is 0 Å². The fourth-order valence-electron chi connectivity index (χ4n) is 10.3. The lowest BCUT2D eigenvalue weighted by atomic mass is 9.84. The smallest absolute Gasteiger partial charge is 0.0540 e. The number of fused-ring (bicyclic) bond motifs is 2. The van der Waals surface area contributed by atoms with Crippen molar-refractivity contribution < 1.29 is 0 Å². The molecule has 0 N–H and O–H groups in total. The molecule has 294 valence electrons. The molecule has 0 amide bonds. The first-order valence-corrected chi connectivity index (χ1v) is 21.9. The Morgan fingerprint density at radius 3 is 1.69 bits per heavy atom. The van der Waals surface area contributed by atoms with Crippen LogP contribution in [-0.4, -0.2) is 0 Å². The summed E-state index contributed by atoms with van der Waals surface area (Å²) in [7, 11) is 0. The molecule has 2 nitrogen and oxygen atoms in total. The monoisotopic (exact) mass is 792 g/mol. The third-order valence-electron chi connectivity index (χ3n) is 13.2. The van der Waals surface area contributed by atoms with Crippen LogP contribution in [-0.2, 0) is 12.8 Å². The number of rotatable bonds is 8. The number of hydrogen-bond acceptors (Lipinski definition) is 2. The summed E-state index contributed by atoms with van der Waals surface area (Å²) in [6.45, 7) is 0. The standard InChI is InChI=1S/C60H44N2/c1-3-13-41(14-4-1)43-25-33-49(34-26-43)61(55-23-11-19-45-17-7-9-21-51(45)55)57-39-31-47-30-38-54-58(40-32-48-29-37-53(57)59(47)60(48)54)62(56-24-12-20-46-18-8-10-22-52(46)56)50-35-27-44(28-36-50)42-15-5-2-6-16-42/h1-11,13-23,25-29,31-37,39-40H,12,24,30,38H2. The van der Waals surface area contributed by atoms with Crippen LogP contribution in [0.1, 0.15) is 24.0 Å². The highest BCUT2D eigenvalue weighted by atomic mass is 15.2. The van der Waals surface area contributed by atoms with Crippen LogP contribution in [0.2, 0.25) is 0 Å². The molecule has 62 heavy (non-hydrogen) atoms. The predicted molar refractivity (Wildman–Crippen MR) is 263 cm³/mol. The maximum atomic E-state index is 2.60. The average molecular weight is 793 g/mol. The van der Waals surface area contributed by atoms with Gasteiger partial charge in [0.2, 0.25) is 0 Å². The van der Waals surface area contributed by atoms with Crippen molar-refractivity contribution in [2.75, 3.05) is 9.80 Å². The molecule has 0 unspecified atom stereocenters. The molecule has 0 heterocycles. The van der Waals surface area contributed by atoms with Gasteiger partial charge in [0.1, 0.15) is 0 Å². The molecule has 0 spiro atoms. The van der Waals surface area contributed by atoms with Gasteiger partial charge in [-0.05, 0) is 128 Å². The Labute approximate surface area is 362 Å². The van der Waals surface area contributed by atoms with Crippen molar-refractivity contribution in [3.8, 4) is 22.3 Å². The van der Waals surface area contributed by atoms with Gasteiger partial charge in [-0.15, -0.1) is 0 Å². The van der Waals surface area contributed by atoms with E-state index >= 15 is 0 Å². The summed E-state index contributed by atoms with van der Waals surface area (Å²) in [5.41, 5.74) is 15.1. The molecule has 0 atom stereocenters. The summed E-state index contributed by atoms with van der Waals surface area (Å²) in [6.07, 6.45) is 6.36. The normalized spacial score (nSPS) is 13.0. The van der Waals surface area contributed by atoms with Crippen molar-refractivity contribution in [3.05, 3.63) is 234 Å². The Balaban J connectivity index is 1.08. The highest BCUT2D eigenvalue weighted by Gasteiger charge is 2.27. The highest BCUT2D eigenvalue weighted by Crippen LogP contribution is 2.49. The van der Waals surface area contributed by atoms with E-state index in [0.29, 0.717) is 0 Å². The van der Waals surface area contributed by atoms with Crippen molar-refractivity contribution in [1.82, 2.24) is 0 Å². The van der Waals surface area contributed by atoms with Gasteiger partial charge in [0, 0.05) is 38.8 Å². The quantitative estimate of drug-likeness (QED) is 0.141. The van der Waals surface area contributed by atoms with Gasteiger partial charge in [-0.1, -0.05) is 176 Å². The van der Waals surface area contributed by atoms with E-state index in [9.17, 15) is 0 Å². The molecule has 0 bridgehead atoms. The summed E-state index contributed by atoms with van der Waals surface area (Å²) in [5.74, 6) is 0. The van der Waals surface area contributed by atoms with Crippen molar-refractivity contribution in [2.24, 2.45) is 0 Å². The molecule has 12 rings (SSSR count). The van der Waals surface area contributed by atoms with Crippen molar-refractivity contribution >= 4 is 72.5 Å². The lowest BCUT2D eigenvalue weighted by Gasteiger charge is -2.34. The third-order valence-corrected chi connectivity index (χ3v) is 13.2. The molecule has 10 aromatic carbocycles. The molecular weight excluding hydrogens is 749 g/mol. The minimum Gasteiger partial charge on any atom is -0.313 e. The molecule has 0 saturated heterocycles. The average Bonchev–Trinajstić information content (AvgIpc) is 3.35. The summed E-state index contributed by atoms with van der Waals surface area (Å²) in [6, 6.07) is 78.4. The van der Waals surface area contributed by atoms with Crippen LogP contribution in [0, 0.1) is 0 Å². The molecule has 2 heteroatoms. The number of aryl methyl sites for hydroxylation is 2. The summed E-state index contributed by atoms with van der Waals surface area (Å²) >= 11 is 0. The topological polar surface area (TPSA) is 6.48 Å². The second-order valence-corrected chi connectivity index (χ2v) is 16.7. The zero-order chi connectivity index (χ0) is 41.0. The number of nitrogens with zero attached hydrogens (tertiary/aromatic N) is 2. The number of anilines is 5. The predicted octanol–water partition coefficient (Wildman–Crippen LogP) is 14.6. The van der Waals surface area contributed by atoms with Gasteiger partial charge in [-0.25, -0.2) is 0 Å². The first-order chi connectivity index (χ1) is 30.8. The summed E-state index contributed by atoms with van der Waals surface area (Å²) < 4.78 is 0. The zero-order valence-corrected chi connectivity index (χ0v) is 34.5. The number of hydrogen-bond donors (Lipinski definition) is 0. The Morgan fingerprint density at radius 1 is 0.339 bits per heavy atom. The molecule has 2 aliphatic rings. The third kappa shape index (κ3) is 6.10. The van der Waals surface area contributed by atoms with Gasteiger partial charge in [-0.2, -0.15) is 0 Å². The first-order valence-electron chi connectivity index (χ1n) is 21.9. The van der Waals surface area contributed by atoms with Gasteiger partial charge < -0.3 is 9.80 Å². The first kappa shape index (κ1) is 36.2. The van der Waals surface area contributed by atoms with Gasteiger partial charge in [0.05, 0.1) is 11.4 Å². The van der Waals surface area contributed by atoms with Crippen LogP contribution in [0.3, 0.4) is 0 Å². The van der Waals surface area contributed by atoms with E-state index in [1.54, 1.807) is 0 Å². The van der Waals surface area contributed by atoms with Crippen molar-refractivity contribution in [3.63, 3.8) is 0 Å². The van der Waals surface area contributed by atoms with Crippen LogP contribution < -0.4 is 20.2 Å². The summed E-state index contributed by atoms with van der Waals surface area (Å²) in [5, 5.41) is 10.4. The lowest BCUT2D eigenvalue weighted by Crippen LogP contribution is -2.35. The van der Waals surface area contributed by atoms with E-state index in [2.05, 4.69) is 228 Å². The second-order valence-electron chi connectivity index (χ2n) is 16.7. The van der Waals surface area contributed by atoms with Crippen LogP contribution in [0.4, 0.5) is 28.4 Å². The Morgan fingerprint density at radius 2 is 0.935 bits per heavy atom. The molecule has 0 radical (unpaired) electrons. The molecule has 2 aliphatic carbocycles. The van der Waals surface area contributed by atoms with Gasteiger partial charge in [-0.3, -0.25) is 0 Å². The second kappa shape index (κ2) is 15.1. The maximum Gasteiger partial charge on any atom is 0.0540 e. The number of benzene rings is 10.